The molecule has 2 aromatic rings. The standard InChI is InChI=1S/C22H33FN6O.HI/c1-4-18(30-20-13-9-8-12-19(20)23)14-24-22(26-17-10-6-5-7-11-17)25-15-21-28-27-16(2)29(21)3;/h8-9,12-13,17-18H,4-7,10-11,14-15H2,1-3H3,(H2,24,25,26);1H. The van der Waals surface area contributed by atoms with Crippen LogP contribution in [0.15, 0.2) is 29.3 Å². The predicted octanol–water partition coefficient (Wildman–Crippen LogP) is 4.11. The third-order valence-electron chi connectivity index (χ3n) is 5.59. The molecule has 0 amide bonds. The molecule has 3 rings (SSSR count). The van der Waals surface area contributed by atoms with Crippen LogP contribution in [0.2, 0.25) is 0 Å². The number of rotatable bonds is 8. The SMILES string of the molecule is CCC(CNC(=NCc1nnc(C)n1C)NC1CCCCC1)Oc1ccccc1F.I. The third-order valence-corrected chi connectivity index (χ3v) is 5.59. The fourth-order valence-corrected chi connectivity index (χ4v) is 3.53. The molecule has 0 bridgehead atoms. The molecule has 1 aromatic heterocycles. The van der Waals surface area contributed by atoms with Gasteiger partial charge in [0.2, 0.25) is 0 Å². The van der Waals surface area contributed by atoms with Gasteiger partial charge in [0.05, 0.1) is 6.54 Å². The van der Waals surface area contributed by atoms with Crippen LogP contribution in [0.3, 0.4) is 0 Å². The molecule has 1 unspecified atom stereocenters. The van der Waals surface area contributed by atoms with Crippen LogP contribution >= 0.6 is 24.0 Å². The first-order valence-corrected chi connectivity index (χ1v) is 10.9. The Morgan fingerprint density at radius 2 is 2.00 bits per heavy atom. The zero-order valence-corrected chi connectivity index (χ0v) is 20.9. The van der Waals surface area contributed by atoms with Gasteiger partial charge in [-0.3, -0.25) is 0 Å². The molecular weight excluding hydrogens is 510 g/mol. The Kier molecular flexibility index (Phi) is 10.5. The smallest absolute Gasteiger partial charge is 0.192 e. The van der Waals surface area contributed by atoms with Gasteiger partial charge in [-0.15, -0.1) is 34.2 Å². The van der Waals surface area contributed by atoms with Crippen LogP contribution < -0.4 is 15.4 Å². The van der Waals surface area contributed by atoms with E-state index in [9.17, 15) is 4.39 Å². The third kappa shape index (κ3) is 7.62. The van der Waals surface area contributed by atoms with E-state index in [0.717, 1.165) is 36.9 Å². The van der Waals surface area contributed by atoms with E-state index in [1.54, 1.807) is 18.2 Å². The number of aliphatic imine (C=N–C) groups is 1. The van der Waals surface area contributed by atoms with Gasteiger partial charge in [0, 0.05) is 13.1 Å². The van der Waals surface area contributed by atoms with Crippen LogP contribution in [0.25, 0.3) is 0 Å². The second kappa shape index (κ2) is 12.8. The lowest BCUT2D eigenvalue weighted by Crippen LogP contribution is -2.47. The van der Waals surface area contributed by atoms with Crippen LogP contribution in [0.5, 0.6) is 5.75 Å². The van der Waals surface area contributed by atoms with E-state index >= 15 is 0 Å². The van der Waals surface area contributed by atoms with Crippen molar-refractivity contribution in [3.05, 3.63) is 41.7 Å². The Hall–Kier alpha value is -1.91. The normalized spacial score (nSPS) is 15.8. The van der Waals surface area contributed by atoms with Crippen LogP contribution in [0, 0.1) is 12.7 Å². The lowest BCUT2D eigenvalue weighted by Gasteiger charge is -2.26. The van der Waals surface area contributed by atoms with Gasteiger partial charge in [0.15, 0.2) is 23.4 Å². The number of hydrogen-bond donors (Lipinski definition) is 2. The minimum absolute atomic E-state index is 0. The Labute approximate surface area is 201 Å². The second-order valence-electron chi connectivity index (χ2n) is 7.83. The number of benzene rings is 1. The molecule has 1 aliphatic rings. The number of aromatic nitrogens is 3. The highest BCUT2D eigenvalue weighted by atomic mass is 127. The van der Waals surface area contributed by atoms with Crippen LogP contribution in [0.1, 0.15) is 57.1 Å². The number of nitrogens with one attached hydrogen (secondary N) is 2. The van der Waals surface area contributed by atoms with Gasteiger partial charge in [-0.05, 0) is 38.3 Å². The van der Waals surface area contributed by atoms with Gasteiger partial charge in [-0.2, -0.15) is 0 Å². The monoisotopic (exact) mass is 544 g/mol. The number of aryl methyl sites for hydroxylation is 1. The minimum Gasteiger partial charge on any atom is -0.486 e. The fraction of sp³-hybridized carbons (Fsp3) is 0.591. The van der Waals surface area contributed by atoms with Crippen molar-refractivity contribution in [3.63, 3.8) is 0 Å². The molecular formula is C22H34FIN6O. The van der Waals surface area contributed by atoms with E-state index in [4.69, 9.17) is 9.73 Å². The molecule has 9 heteroatoms. The molecule has 0 aliphatic heterocycles. The van der Waals surface area contributed by atoms with Crippen molar-refractivity contribution in [2.75, 3.05) is 6.54 Å². The fourth-order valence-electron chi connectivity index (χ4n) is 3.53. The first-order valence-electron chi connectivity index (χ1n) is 10.9. The van der Waals surface area contributed by atoms with Crippen molar-refractivity contribution in [2.45, 2.75) is 71.1 Å². The summed E-state index contributed by atoms with van der Waals surface area (Å²) in [5, 5.41) is 15.2. The summed E-state index contributed by atoms with van der Waals surface area (Å²) in [6.07, 6.45) is 6.64. The molecule has 0 saturated heterocycles. The Morgan fingerprint density at radius 1 is 1.26 bits per heavy atom. The number of hydrogen-bond acceptors (Lipinski definition) is 4. The molecule has 1 saturated carbocycles. The summed E-state index contributed by atoms with van der Waals surface area (Å²) < 4.78 is 21.8. The van der Waals surface area contributed by atoms with Crippen LogP contribution in [-0.2, 0) is 13.6 Å². The van der Waals surface area contributed by atoms with Crippen LogP contribution in [0.4, 0.5) is 4.39 Å². The highest BCUT2D eigenvalue weighted by molar-refractivity contribution is 14.0. The lowest BCUT2D eigenvalue weighted by molar-refractivity contribution is 0.190. The van der Waals surface area contributed by atoms with E-state index in [1.165, 1.54) is 25.3 Å². The van der Waals surface area contributed by atoms with Gasteiger partial charge in [0.25, 0.3) is 0 Å². The van der Waals surface area contributed by atoms with E-state index < -0.39 is 0 Å². The van der Waals surface area contributed by atoms with Crippen LogP contribution in [-0.4, -0.2) is 39.4 Å². The van der Waals surface area contributed by atoms with Crippen molar-refractivity contribution in [2.24, 2.45) is 12.0 Å². The van der Waals surface area contributed by atoms with Gasteiger partial charge in [0.1, 0.15) is 18.5 Å². The van der Waals surface area contributed by atoms with E-state index in [2.05, 4.69) is 20.8 Å². The van der Waals surface area contributed by atoms with Gasteiger partial charge >= 0.3 is 0 Å². The summed E-state index contributed by atoms with van der Waals surface area (Å²) in [6.45, 7) is 4.91. The van der Waals surface area contributed by atoms with E-state index in [1.807, 2.05) is 25.5 Å². The van der Waals surface area contributed by atoms with Crippen molar-refractivity contribution in [1.29, 1.82) is 0 Å². The molecule has 172 valence electrons. The summed E-state index contributed by atoms with van der Waals surface area (Å²) in [5.41, 5.74) is 0. The van der Waals surface area contributed by atoms with Crippen molar-refractivity contribution < 1.29 is 9.13 Å². The molecule has 7 nitrogen and oxygen atoms in total. The maximum Gasteiger partial charge on any atom is 0.192 e. The minimum atomic E-state index is -0.345. The summed E-state index contributed by atoms with van der Waals surface area (Å²) in [4.78, 5) is 4.73. The van der Waals surface area contributed by atoms with Crippen molar-refractivity contribution in [3.8, 4) is 5.75 Å². The Bertz CT molecular complexity index is 837. The van der Waals surface area contributed by atoms with Crippen molar-refractivity contribution in [1.82, 2.24) is 25.4 Å². The molecule has 1 fully saturated rings. The van der Waals surface area contributed by atoms with Gasteiger partial charge in [-0.1, -0.05) is 38.3 Å². The molecule has 1 atom stereocenters. The highest BCUT2D eigenvalue weighted by Crippen LogP contribution is 2.18. The average molecular weight is 544 g/mol. The average Bonchev–Trinajstić information content (AvgIpc) is 3.08. The number of para-hydroxylation sites is 1. The quantitative estimate of drug-likeness (QED) is 0.297. The maximum atomic E-state index is 13.9. The number of guanidine groups is 1. The van der Waals surface area contributed by atoms with E-state index in [0.29, 0.717) is 19.1 Å². The largest absolute Gasteiger partial charge is 0.486 e. The first-order chi connectivity index (χ1) is 14.6. The Morgan fingerprint density at radius 3 is 2.65 bits per heavy atom. The summed E-state index contributed by atoms with van der Waals surface area (Å²) in [5.74, 6) is 2.34. The summed E-state index contributed by atoms with van der Waals surface area (Å²) in [7, 11) is 1.94. The molecule has 0 spiro atoms. The van der Waals surface area contributed by atoms with Gasteiger partial charge in [-0.25, -0.2) is 9.38 Å². The number of halogens is 2. The summed E-state index contributed by atoms with van der Waals surface area (Å²) in [6, 6.07) is 6.92. The molecule has 0 radical (unpaired) electrons. The maximum absolute atomic E-state index is 13.9. The zero-order valence-electron chi connectivity index (χ0n) is 18.6. The second-order valence-corrected chi connectivity index (χ2v) is 7.83. The van der Waals surface area contributed by atoms with Crippen molar-refractivity contribution >= 4 is 29.9 Å². The van der Waals surface area contributed by atoms with E-state index in [-0.39, 0.29) is 41.6 Å². The summed E-state index contributed by atoms with van der Waals surface area (Å²) >= 11 is 0. The molecule has 2 N–H and O–H groups in total. The molecule has 1 aromatic carbocycles. The zero-order chi connectivity index (χ0) is 21.3. The highest BCUT2D eigenvalue weighted by Gasteiger charge is 2.17. The Balaban J connectivity index is 0.00000341. The lowest BCUT2D eigenvalue weighted by atomic mass is 9.96. The molecule has 31 heavy (non-hydrogen) atoms. The molecule has 1 aliphatic carbocycles. The first kappa shape index (κ1) is 25.4. The topological polar surface area (TPSA) is 76.4 Å². The molecule has 1 heterocycles. The number of ether oxygens (including phenoxy) is 1. The van der Waals surface area contributed by atoms with Gasteiger partial charge < -0.3 is 19.9 Å². The predicted molar refractivity (Wildman–Crippen MR) is 131 cm³/mol. The number of nitrogens with zero attached hydrogens (tertiary/aromatic N) is 4.